The van der Waals surface area contributed by atoms with Crippen LogP contribution in [0.15, 0.2) is 0 Å². The average molecular weight is 262 g/mol. The lowest BCUT2D eigenvalue weighted by Crippen LogP contribution is -2.22. The summed E-state index contributed by atoms with van der Waals surface area (Å²) in [5, 5.41) is 8.60. The fourth-order valence-corrected chi connectivity index (χ4v) is 3.16. The lowest BCUT2D eigenvalue weighted by Gasteiger charge is -2.16. The first kappa shape index (κ1) is 13.1. The number of aromatic nitrogens is 2. The van der Waals surface area contributed by atoms with Gasteiger partial charge in [-0.05, 0) is 64.0 Å². The van der Waals surface area contributed by atoms with Gasteiger partial charge < -0.3 is 11.1 Å². The first-order valence-corrected chi connectivity index (χ1v) is 7.84. The molecule has 3 rings (SSSR count). The van der Waals surface area contributed by atoms with E-state index in [9.17, 15) is 0 Å². The first-order valence-electron chi connectivity index (χ1n) is 7.84. The Labute approximate surface area is 115 Å². The summed E-state index contributed by atoms with van der Waals surface area (Å²) in [5.41, 5.74) is 9.96. The van der Waals surface area contributed by atoms with E-state index >= 15 is 0 Å². The molecule has 0 spiro atoms. The SMILES string of the molecule is C[C@@H](NC1CC1)c1nn(CCCN)c2c1CCCC2. The number of nitrogens with two attached hydrogens (primary N) is 1. The number of hydrogen-bond donors (Lipinski definition) is 2. The van der Waals surface area contributed by atoms with Crippen LogP contribution in [0.2, 0.25) is 0 Å². The van der Waals surface area contributed by atoms with Crippen LogP contribution in [0.4, 0.5) is 0 Å². The predicted molar refractivity (Wildman–Crippen MR) is 77.1 cm³/mol. The minimum atomic E-state index is 0.401. The summed E-state index contributed by atoms with van der Waals surface area (Å²) in [6, 6.07) is 1.14. The molecular formula is C15H26N4. The third-order valence-corrected chi connectivity index (χ3v) is 4.34. The molecule has 0 saturated heterocycles. The summed E-state index contributed by atoms with van der Waals surface area (Å²) >= 11 is 0. The molecular weight excluding hydrogens is 236 g/mol. The summed E-state index contributed by atoms with van der Waals surface area (Å²) < 4.78 is 2.24. The van der Waals surface area contributed by atoms with Gasteiger partial charge in [-0.15, -0.1) is 0 Å². The van der Waals surface area contributed by atoms with Gasteiger partial charge in [-0.25, -0.2) is 0 Å². The van der Waals surface area contributed by atoms with Crippen molar-refractivity contribution in [2.45, 2.75) is 70.5 Å². The molecule has 2 aliphatic carbocycles. The van der Waals surface area contributed by atoms with Gasteiger partial charge >= 0.3 is 0 Å². The minimum Gasteiger partial charge on any atom is -0.330 e. The zero-order chi connectivity index (χ0) is 13.2. The summed E-state index contributed by atoms with van der Waals surface area (Å²) in [4.78, 5) is 0. The first-order chi connectivity index (χ1) is 9.29. The van der Waals surface area contributed by atoms with Crippen molar-refractivity contribution >= 4 is 0 Å². The number of fused-ring (bicyclic) bond motifs is 1. The number of aryl methyl sites for hydroxylation is 1. The molecule has 1 aromatic heterocycles. The van der Waals surface area contributed by atoms with Gasteiger partial charge in [0.1, 0.15) is 0 Å². The van der Waals surface area contributed by atoms with Gasteiger partial charge in [-0.2, -0.15) is 5.10 Å². The van der Waals surface area contributed by atoms with Crippen LogP contribution < -0.4 is 11.1 Å². The second kappa shape index (κ2) is 5.63. The number of nitrogens with zero attached hydrogens (tertiary/aromatic N) is 2. The Hall–Kier alpha value is -0.870. The molecule has 2 aliphatic rings. The van der Waals surface area contributed by atoms with E-state index in [0.29, 0.717) is 6.04 Å². The highest BCUT2D eigenvalue weighted by molar-refractivity contribution is 5.31. The molecule has 1 heterocycles. The van der Waals surface area contributed by atoms with E-state index in [1.807, 2.05) is 0 Å². The smallest absolute Gasteiger partial charge is 0.0826 e. The highest BCUT2D eigenvalue weighted by atomic mass is 15.3. The third kappa shape index (κ3) is 2.84. The zero-order valence-electron chi connectivity index (χ0n) is 12.0. The van der Waals surface area contributed by atoms with Crippen LogP contribution in [0.25, 0.3) is 0 Å². The normalized spacial score (nSPS) is 20.3. The van der Waals surface area contributed by atoms with Crippen LogP contribution in [-0.4, -0.2) is 22.4 Å². The quantitative estimate of drug-likeness (QED) is 0.823. The van der Waals surface area contributed by atoms with Gasteiger partial charge in [0.2, 0.25) is 0 Å². The van der Waals surface area contributed by atoms with Gasteiger partial charge in [0.05, 0.1) is 5.69 Å². The summed E-state index contributed by atoms with van der Waals surface area (Å²) in [5.74, 6) is 0. The van der Waals surface area contributed by atoms with E-state index in [2.05, 4.69) is 16.9 Å². The Morgan fingerprint density at radius 2 is 2.16 bits per heavy atom. The molecule has 0 aliphatic heterocycles. The molecule has 1 aromatic rings. The maximum atomic E-state index is 5.64. The van der Waals surface area contributed by atoms with Crippen LogP contribution in [0.1, 0.15) is 62.0 Å². The zero-order valence-corrected chi connectivity index (χ0v) is 12.0. The minimum absolute atomic E-state index is 0.401. The fraction of sp³-hybridized carbons (Fsp3) is 0.800. The largest absolute Gasteiger partial charge is 0.330 e. The fourth-order valence-electron chi connectivity index (χ4n) is 3.16. The molecule has 0 bridgehead atoms. The summed E-state index contributed by atoms with van der Waals surface area (Å²) in [6.45, 7) is 4.00. The highest BCUT2D eigenvalue weighted by Crippen LogP contribution is 2.30. The number of hydrogen-bond acceptors (Lipinski definition) is 3. The second-order valence-electron chi connectivity index (χ2n) is 6.05. The molecule has 0 amide bonds. The molecule has 4 nitrogen and oxygen atoms in total. The maximum absolute atomic E-state index is 5.64. The van der Waals surface area contributed by atoms with Crippen LogP contribution in [0.5, 0.6) is 0 Å². The molecule has 106 valence electrons. The molecule has 1 saturated carbocycles. The lowest BCUT2D eigenvalue weighted by molar-refractivity contribution is 0.517. The van der Waals surface area contributed by atoms with Crippen LogP contribution in [0.3, 0.4) is 0 Å². The third-order valence-electron chi connectivity index (χ3n) is 4.34. The number of rotatable bonds is 6. The van der Waals surface area contributed by atoms with Crippen molar-refractivity contribution in [3.63, 3.8) is 0 Å². The van der Waals surface area contributed by atoms with Gasteiger partial charge in [-0.1, -0.05) is 0 Å². The Morgan fingerprint density at radius 3 is 2.89 bits per heavy atom. The number of nitrogens with one attached hydrogen (secondary N) is 1. The van der Waals surface area contributed by atoms with Crippen molar-refractivity contribution in [3.05, 3.63) is 17.0 Å². The molecule has 1 fully saturated rings. The van der Waals surface area contributed by atoms with E-state index in [1.165, 1.54) is 55.5 Å². The van der Waals surface area contributed by atoms with E-state index < -0.39 is 0 Å². The van der Waals surface area contributed by atoms with E-state index in [-0.39, 0.29) is 0 Å². The van der Waals surface area contributed by atoms with Gasteiger partial charge in [0, 0.05) is 24.3 Å². The standard InChI is InChI=1S/C15H26N4/c1-11(17-12-7-8-12)15-13-5-2-3-6-14(13)19(18-15)10-4-9-16/h11-12,17H,2-10,16H2,1H3/t11-/m1/s1. The van der Waals surface area contributed by atoms with Crippen LogP contribution in [-0.2, 0) is 19.4 Å². The summed E-state index contributed by atoms with van der Waals surface area (Å²) in [7, 11) is 0. The van der Waals surface area contributed by atoms with Crippen molar-refractivity contribution in [1.29, 1.82) is 0 Å². The molecule has 4 heteroatoms. The summed E-state index contributed by atoms with van der Waals surface area (Å²) in [6.07, 6.45) is 8.73. The predicted octanol–water partition coefficient (Wildman–Crippen LogP) is 1.92. The highest BCUT2D eigenvalue weighted by Gasteiger charge is 2.28. The van der Waals surface area contributed by atoms with E-state index in [0.717, 1.165) is 25.6 Å². The molecule has 0 aromatic carbocycles. The van der Waals surface area contributed by atoms with Crippen molar-refractivity contribution in [1.82, 2.24) is 15.1 Å². The Bertz CT molecular complexity index is 434. The lowest BCUT2D eigenvalue weighted by atomic mass is 9.94. The van der Waals surface area contributed by atoms with E-state index in [4.69, 9.17) is 10.8 Å². The van der Waals surface area contributed by atoms with Gasteiger partial charge in [-0.3, -0.25) is 4.68 Å². The topological polar surface area (TPSA) is 55.9 Å². The Balaban J connectivity index is 1.82. The van der Waals surface area contributed by atoms with Gasteiger partial charge in [0.15, 0.2) is 0 Å². The molecule has 3 N–H and O–H groups in total. The second-order valence-corrected chi connectivity index (χ2v) is 6.05. The molecule has 0 radical (unpaired) electrons. The van der Waals surface area contributed by atoms with Crippen molar-refractivity contribution < 1.29 is 0 Å². The monoisotopic (exact) mass is 262 g/mol. The van der Waals surface area contributed by atoms with Crippen molar-refractivity contribution in [3.8, 4) is 0 Å². The average Bonchev–Trinajstić information content (AvgIpc) is 3.16. The van der Waals surface area contributed by atoms with Crippen molar-refractivity contribution in [2.75, 3.05) is 6.54 Å². The Kier molecular flexibility index (Phi) is 3.89. The maximum Gasteiger partial charge on any atom is 0.0826 e. The van der Waals surface area contributed by atoms with Crippen molar-refractivity contribution in [2.24, 2.45) is 5.73 Å². The van der Waals surface area contributed by atoms with Crippen LogP contribution >= 0.6 is 0 Å². The van der Waals surface area contributed by atoms with E-state index in [1.54, 1.807) is 0 Å². The molecule has 0 unspecified atom stereocenters. The van der Waals surface area contributed by atoms with Crippen LogP contribution in [0, 0.1) is 0 Å². The molecule has 19 heavy (non-hydrogen) atoms. The van der Waals surface area contributed by atoms with Gasteiger partial charge in [0.25, 0.3) is 0 Å². The molecule has 1 atom stereocenters. The Morgan fingerprint density at radius 1 is 1.37 bits per heavy atom.